The number of hydrogen-bond donors (Lipinski definition) is 3. The second-order valence-electron chi connectivity index (χ2n) is 3.46. The molecule has 0 saturated heterocycles. The molecule has 0 aliphatic heterocycles. The van der Waals surface area contributed by atoms with Gasteiger partial charge in [0.2, 0.25) is 5.82 Å². The molecule has 18 heavy (non-hydrogen) atoms. The minimum absolute atomic E-state index is 0.130. The van der Waals surface area contributed by atoms with Crippen molar-refractivity contribution >= 4 is 11.6 Å². The first-order valence-corrected chi connectivity index (χ1v) is 4.96. The summed E-state index contributed by atoms with van der Waals surface area (Å²) in [7, 11) is 0. The Kier molecular flexibility index (Phi) is 4.69. The van der Waals surface area contributed by atoms with Crippen LogP contribution in [0.25, 0.3) is 0 Å². The highest BCUT2D eigenvalue weighted by Gasteiger charge is 2.18. The summed E-state index contributed by atoms with van der Waals surface area (Å²) in [6.07, 6.45) is 0. The molecule has 8 heteroatoms. The largest absolute Gasteiger partial charge is 0.394 e. The van der Waals surface area contributed by atoms with Gasteiger partial charge in [0.25, 0.3) is 5.91 Å². The van der Waals surface area contributed by atoms with Crippen LogP contribution in [0.15, 0.2) is 18.2 Å². The normalized spacial score (nSPS) is 10.4. The van der Waals surface area contributed by atoms with Crippen molar-refractivity contribution in [3.05, 3.63) is 39.7 Å². The number of carbonyl (C=O) groups is 1. The number of amides is 1. The highest BCUT2D eigenvalue weighted by molar-refractivity contribution is 5.95. The molecular weight excluding hydrogens is 247 g/mol. The molecule has 0 heterocycles. The van der Waals surface area contributed by atoms with Crippen LogP contribution in [0.1, 0.15) is 10.4 Å². The zero-order valence-corrected chi connectivity index (χ0v) is 9.17. The van der Waals surface area contributed by atoms with Crippen LogP contribution in [0, 0.1) is 15.9 Å². The Morgan fingerprint density at radius 3 is 2.56 bits per heavy atom. The average molecular weight is 258 g/mol. The van der Waals surface area contributed by atoms with E-state index in [1.165, 1.54) is 0 Å². The lowest BCUT2D eigenvalue weighted by molar-refractivity contribution is -0.387. The topological polar surface area (TPSA) is 113 Å². The van der Waals surface area contributed by atoms with Crippen molar-refractivity contribution in [1.82, 2.24) is 5.32 Å². The number of benzene rings is 1. The number of halogens is 1. The summed E-state index contributed by atoms with van der Waals surface area (Å²) in [6.45, 7) is -0.961. The highest BCUT2D eigenvalue weighted by atomic mass is 19.1. The fourth-order valence-corrected chi connectivity index (χ4v) is 1.21. The van der Waals surface area contributed by atoms with E-state index in [9.17, 15) is 19.3 Å². The van der Waals surface area contributed by atoms with Crippen molar-refractivity contribution < 1.29 is 24.3 Å². The molecular formula is C10H11FN2O5. The third kappa shape index (κ3) is 3.22. The molecule has 98 valence electrons. The average Bonchev–Trinajstić information content (AvgIpc) is 2.35. The van der Waals surface area contributed by atoms with E-state index in [0.29, 0.717) is 0 Å². The first-order valence-electron chi connectivity index (χ1n) is 4.96. The van der Waals surface area contributed by atoms with Crippen LogP contribution in [0.4, 0.5) is 10.1 Å². The maximum atomic E-state index is 13.0. The molecule has 0 bridgehead atoms. The molecule has 0 aromatic heterocycles. The van der Waals surface area contributed by atoms with Crippen molar-refractivity contribution in [2.75, 3.05) is 13.2 Å². The van der Waals surface area contributed by atoms with Gasteiger partial charge in [-0.1, -0.05) is 0 Å². The maximum absolute atomic E-state index is 13.0. The number of aliphatic hydroxyl groups excluding tert-OH is 2. The Hall–Kier alpha value is -2.06. The first kappa shape index (κ1) is 14.0. The van der Waals surface area contributed by atoms with Crippen molar-refractivity contribution in [3.8, 4) is 0 Å². The number of nitrogens with one attached hydrogen (secondary N) is 1. The minimum Gasteiger partial charge on any atom is -0.394 e. The summed E-state index contributed by atoms with van der Waals surface area (Å²) >= 11 is 0. The van der Waals surface area contributed by atoms with Gasteiger partial charge in [-0.2, -0.15) is 4.39 Å². The molecule has 7 nitrogen and oxygen atoms in total. The van der Waals surface area contributed by atoms with Gasteiger partial charge >= 0.3 is 5.69 Å². The van der Waals surface area contributed by atoms with Crippen molar-refractivity contribution in [3.63, 3.8) is 0 Å². The third-order valence-electron chi connectivity index (χ3n) is 2.18. The molecule has 1 rings (SSSR count). The Morgan fingerprint density at radius 2 is 2.06 bits per heavy atom. The van der Waals surface area contributed by atoms with E-state index in [1.807, 2.05) is 0 Å². The van der Waals surface area contributed by atoms with Gasteiger partial charge in [-0.3, -0.25) is 14.9 Å². The quantitative estimate of drug-likeness (QED) is 0.500. The summed E-state index contributed by atoms with van der Waals surface area (Å²) in [5.41, 5.74) is -0.942. The van der Waals surface area contributed by atoms with Gasteiger partial charge in [0.15, 0.2) is 0 Å². The van der Waals surface area contributed by atoms with E-state index in [0.717, 1.165) is 18.2 Å². The molecule has 0 radical (unpaired) electrons. The summed E-state index contributed by atoms with van der Waals surface area (Å²) in [5.74, 6) is -1.79. The number of nitro benzene ring substituents is 1. The van der Waals surface area contributed by atoms with Crippen LogP contribution in [0.2, 0.25) is 0 Å². The highest BCUT2D eigenvalue weighted by Crippen LogP contribution is 2.18. The monoisotopic (exact) mass is 258 g/mol. The summed E-state index contributed by atoms with van der Waals surface area (Å²) in [4.78, 5) is 21.1. The van der Waals surface area contributed by atoms with Crippen LogP contribution in [-0.4, -0.2) is 40.3 Å². The zero-order chi connectivity index (χ0) is 13.7. The number of aliphatic hydroxyl groups is 2. The molecule has 0 fully saturated rings. The summed E-state index contributed by atoms with van der Waals surface area (Å²) in [6, 6.07) is 1.79. The maximum Gasteiger partial charge on any atom is 0.305 e. The molecule has 0 saturated carbocycles. The van der Waals surface area contributed by atoms with Crippen LogP contribution in [-0.2, 0) is 0 Å². The van der Waals surface area contributed by atoms with Gasteiger partial charge < -0.3 is 15.5 Å². The number of rotatable bonds is 5. The second kappa shape index (κ2) is 6.03. The standard InChI is InChI=1S/C10H11FN2O5/c11-8-2-1-6(3-9(8)13(17)18)10(16)12-7(4-14)5-15/h1-3,7,14-15H,4-5H2,(H,12,16). The third-order valence-corrected chi connectivity index (χ3v) is 2.18. The van der Waals surface area contributed by atoms with E-state index in [-0.39, 0.29) is 5.56 Å². The van der Waals surface area contributed by atoms with Crippen molar-refractivity contribution in [2.45, 2.75) is 6.04 Å². The second-order valence-corrected chi connectivity index (χ2v) is 3.46. The number of hydrogen-bond acceptors (Lipinski definition) is 5. The fraction of sp³-hybridized carbons (Fsp3) is 0.300. The van der Waals surface area contributed by atoms with Gasteiger partial charge in [0.1, 0.15) is 0 Å². The molecule has 3 N–H and O–H groups in total. The summed E-state index contributed by atoms with van der Waals surface area (Å²) < 4.78 is 13.0. The van der Waals surface area contributed by atoms with E-state index in [4.69, 9.17) is 10.2 Å². The van der Waals surface area contributed by atoms with Crippen molar-refractivity contribution in [2.24, 2.45) is 0 Å². The van der Waals surface area contributed by atoms with Gasteiger partial charge in [-0.15, -0.1) is 0 Å². The van der Waals surface area contributed by atoms with Crippen LogP contribution < -0.4 is 5.32 Å². The number of nitrogens with zero attached hydrogens (tertiary/aromatic N) is 1. The van der Waals surface area contributed by atoms with Crippen LogP contribution >= 0.6 is 0 Å². The molecule has 0 unspecified atom stereocenters. The predicted molar refractivity (Wildman–Crippen MR) is 58.5 cm³/mol. The molecule has 0 atom stereocenters. The first-order chi connectivity index (χ1) is 8.49. The van der Waals surface area contributed by atoms with E-state index in [1.54, 1.807) is 0 Å². The minimum atomic E-state index is -1.04. The van der Waals surface area contributed by atoms with Gasteiger partial charge in [0.05, 0.1) is 24.2 Å². The molecule has 0 spiro atoms. The smallest absolute Gasteiger partial charge is 0.305 e. The van der Waals surface area contributed by atoms with E-state index >= 15 is 0 Å². The zero-order valence-electron chi connectivity index (χ0n) is 9.17. The molecule has 0 aliphatic rings. The number of nitro groups is 1. The molecule has 1 amide bonds. The van der Waals surface area contributed by atoms with Gasteiger partial charge in [0, 0.05) is 11.6 Å². The van der Waals surface area contributed by atoms with Gasteiger partial charge in [-0.25, -0.2) is 0 Å². The Balaban J connectivity index is 2.93. The fourth-order valence-electron chi connectivity index (χ4n) is 1.21. The van der Waals surface area contributed by atoms with E-state index < -0.39 is 41.6 Å². The lowest BCUT2D eigenvalue weighted by Crippen LogP contribution is -2.40. The molecule has 0 aliphatic carbocycles. The van der Waals surface area contributed by atoms with E-state index in [2.05, 4.69) is 5.32 Å². The van der Waals surface area contributed by atoms with Crippen molar-refractivity contribution in [1.29, 1.82) is 0 Å². The summed E-state index contributed by atoms with van der Waals surface area (Å²) in [5, 5.41) is 30.3. The molecule has 1 aromatic carbocycles. The SMILES string of the molecule is O=C(NC(CO)CO)c1ccc(F)c([N+](=O)[O-])c1. The predicted octanol–water partition coefficient (Wildman–Crippen LogP) is -0.183. The Morgan fingerprint density at radius 1 is 1.44 bits per heavy atom. The number of carbonyl (C=O) groups excluding carboxylic acids is 1. The van der Waals surface area contributed by atoms with Crippen LogP contribution in [0.5, 0.6) is 0 Å². The van der Waals surface area contributed by atoms with Crippen LogP contribution in [0.3, 0.4) is 0 Å². The van der Waals surface area contributed by atoms with Gasteiger partial charge in [-0.05, 0) is 12.1 Å². The lowest BCUT2D eigenvalue weighted by Gasteiger charge is -2.13. The Bertz CT molecular complexity index is 462. The lowest BCUT2D eigenvalue weighted by atomic mass is 10.1. The molecule has 1 aromatic rings. The Labute approximate surface area is 101 Å².